The molecule has 1 atom stereocenters. The lowest BCUT2D eigenvalue weighted by Gasteiger charge is -2.21. The Morgan fingerprint density at radius 2 is 1.86 bits per heavy atom. The summed E-state index contributed by atoms with van der Waals surface area (Å²) >= 11 is 0. The number of carbonyl (C=O) groups excluding carboxylic acids is 1. The van der Waals surface area contributed by atoms with Crippen LogP contribution in [0.5, 0.6) is 11.5 Å². The second-order valence-corrected chi connectivity index (χ2v) is 10.2. The summed E-state index contributed by atoms with van der Waals surface area (Å²) in [5.41, 5.74) is 1.95. The Hall–Kier alpha value is -2.75. The molecule has 2 aromatic rings. The zero-order chi connectivity index (χ0) is 26.0. The van der Waals surface area contributed by atoms with E-state index in [0.717, 1.165) is 57.3 Å². The molecule has 202 valence electrons. The number of esters is 1. The molecule has 37 heavy (non-hydrogen) atoms. The Morgan fingerprint density at radius 1 is 1.11 bits per heavy atom. The average Bonchev–Trinajstić information content (AvgIpc) is 3.64. The third kappa shape index (κ3) is 5.73. The Bertz CT molecular complexity index is 1130. The maximum absolute atomic E-state index is 13.0. The van der Waals surface area contributed by atoms with Gasteiger partial charge in [0.05, 0.1) is 19.2 Å². The summed E-state index contributed by atoms with van der Waals surface area (Å²) < 4.78 is 55.7. The predicted molar refractivity (Wildman–Crippen MR) is 133 cm³/mol. The van der Waals surface area contributed by atoms with E-state index in [1.165, 1.54) is 20.0 Å². The van der Waals surface area contributed by atoms with Gasteiger partial charge in [-0.1, -0.05) is 12.8 Å². The van der Waals surface area contributed by atoms with Crippen LogP contribution in [-0.4, -0.2) is 61.4 Å². The third-order valence-corrected chi connectivity index (χ3v) is 7.65. The molecule has 2 aliphatic carbocycles. The number of rotatable bonds is 9. The number of ether oxygens (including phenoxy) is 3. The van der Waals surface area contributed by atoms with Crippen LogP contribution >= 0.6 is 0 Å². The van der Waals surface area contributed by atoms with Gasteiger partial charge in [-0.25, -0.2) is 9.78 Å². The number of carbonyl (C=O) groups is 1. The maximum Gasteiger partial charge on any atom is 0.490 e. The van der Waals surface area contributed by atoms with Crippen LogP contribution in [0.15, 0.2) is 12.1 Å². The minimum absolute atomic E-state index is 0.269. The number of hydrogen-bond acceptors (Lipinski definition) is 7. The number of hydrogen-bond donors (Lipinski definition) is 1. The van der Waals surface area contributed by atoms with Gasteiger partial charge in [0.1, 0.15) is 11.9 Å². The molecule has 5 rings (SSSR count). The smallest absolute Gasteiger partial charge is 0.490 e. The van der Waals surface area contributed by atoms with Crippen LogP contribution in [0, 0.1) is 0 Å². The topological polar surface area (TPSA) is 72.9 Å². The number of nitrogens with one attached hydrogen (secondary N) is 1. The number of anilines is 1. The van der Waals surface area contributed by atoms with Crippen molar-refractivity contribution in [2.24, 2.45) is 0 Å². The lowest BCUT2D eigenvalue weighted by molar-refractivity contribution is -0.205. The number of methoxy groups -OCH3 is 1. The Labute approximate surface area is 214 Å². The molecule has 1 unspecified atom stereocenters. The lowest BCUT2D eigenvalue weighted by Crippen LogP contribution is -2.26. The summed E-state index contributed by atoms with van der Waals surface area (Å²) in [5, 5.41) is 4.13. The molecule has 7 nitrogen and oxygen atoms in total. The largest absolute Gasteiger partial charge is 0.493 e. The van der Waals surface area contributed by atoms with E-state index in [1.54, 1.807) is 12.1 Å². The number of benzene rings is 1. The van der Waals surface area contributed by atoms with Gasteiger partial charge in [-0.3, -0.25) is 0 Å². The zero-order valence-electron chi connectivity index (χ0n) is 21.2. The minimum Gasteiger partial charge on any atom is -0.493 e. The minimum atomic E-state index is -5.05. The molecule has 0 bridgehead atoms. The van der Waals surface area contributed by atoms with E-state index >= 15 is 0 Å². The summed E-state index contributed by atoms with van der Waals surface area (Å²) in [7, 11) is 1.53. The van der Waals surface area contributed by atoms with Crippen LogP contribution in [0.3, 0.4) is 0 Å². The second-order valence-electron chi connectivity index (χ2n) is 10.2. The highest BCUT2D eigenvalue weighted by Gasteiger charge is 2.44. The van der Waals surface area contributed by atoms with Crippen LogP contribution in [0.25, 0.3) is 10.9 Å². The van der Waals surface area contributed by atoms with Crippen molar-refractivity contribution in [3.05, 3.63) is 23.3 Å². The van der Waals surface area contributed by atoms with Crippen LogP contribution in [0.4, 0.5) is 19.0 Å². The van der Waals surface area contributed by atoms with Crippen LogP contribution in [-0.2, 0) is 16.0 Å². The highest BCUT2D eigenvalue weighted by molar-refractivity contribution is 5.90. The van der Waals surface area contributed by atoms with E-state index < -0.39 is 18.2 Å². The number of likely N-dealkylation sites (tertiary alicyclic amines) is 1. The number of aromatic nitrogens is 1. The molecule has 1 aromatic heterocycles. The Kier molecular flexibility index (Phi) is 7.65. The van der Waals surface area contributed by atoms with Gasteiger partial charge < -0.3 is 24.4 Å². The molecule has 10 heteroatoms. The fourth-order valence-electron chi connectivity index (χ4n) is 5.82. The molecule has 1 saturated carbocycles. The van der Waals surface area contributed by atoms with Crippen molar-refractivity contribution in [1.29, 1.82) is 0 Å². The van der Waals surface area contributed by atoms with E-state index in [-0.39, 0.29) is 12.5 Å². The van der Waals surface area contributed by atoms with Gasteiger partial charge in [-0.2, -0.15) is 13.2 Å². The number of fused-ring (bicyclic) bond motifs is 3. The molecular formula is C27H34F3N3O4. The first-order valence-corrected chi connectivity index (χ1v) is 13.3. The predicted octanol–water partition coefficient (Wildman–Crippen LogP) is 5.56. The molecule has 1 N–H and O–H groups in total. The molecule has 0 radical (unpaired) electrons. The first kappa shape index (κ1) is 25.9. The maximum atomic E-state index is 13.0. The fraction of sp³-hybridized carbons (Fsp3) is 0.630. The molecule has 0 amide bonds. The molecule has 2 fully saturated rings. The van der Waals surface area contributed by atoms with Crippen molar-refractivity contribution in [1.82, 2.24) is 9.88 Å². The standard InChI is InChI=1S/C27H34F3N3O4/c1-35-22-15-19-20(16-23(22)36-14-6-13-33-11-4-5-12-33)32-25(31-17-7-2-3-8-17)18-9-10-21(24(18)19)37-26(34)27(28,29)30/h15-17,21H,2-14H2,1H3,(H,31,32). The number of pyridine rings is 1. The first-order chi connectivity index (χ1) is 17.8. The summed E-state index contributed by atoms with van der Waals surface area (Å²) in [5.74, 6) is -0.505. The SMILES string of the molecule is COc1cc2c3c(c(NC4CCCC4)nc2cc1OCCCN1CCCC1)CCC3OC(=O)C(F)(F)F. The lowest BCUT2D eigenvalue weighted by atomic mass is 10.0. The van der Waals surface area contributed by atoms with Gasteiger partial charge in [0, 0.05) is 35.2 Å². The van der Waals surface area contributed by atoms with Crippen molar-refractivity contribution in [3.8, 4) is 11.5 Å². The molecule has 1 aromatic carbocycles. The van der Waals surface area contributed by atoms with Crippen molar-refractivity contribution < 1.29 is 32.2 Å². The third-order valence-electron chi connectivity index (χ3n) is 7.65. The van der Waals surface area contributed by atoms with E-state index in [2.05, 4.69) is 10.2 Å². The summed E-state index contributed by atoms with van der Waals surface area (Å²) in [6.45, 7) is 3.75. The quantitative estimate of drug-likeness (QED) is 0.342. The molecule has 0 spiro atoms. The van der Waals surface area contributed by atoms with Crippen LogP contribution < -0.4 is 14.8 Å². The van der Waals surface area contributed by atoms with Crippen molar-refractivity contribution in [2.45, 2.75) is 76.1 Å². The zero-order valence-corrected chi connectivity index (χ0v) is 21.2. The van der Waals surface area contributed by atoms with E-state index in [9.17, 15) is 18.0 Å². The van der Waals surface area contributed by atoms with Gasteiger partial charge in [0.2, 0.25) is 0 Å². The van der Waals surface area contributed by atoms with Gasteiger partial charge in [-0.15, -0.1) is 0 Å². The monoisotopic (exact) mass is 521 g/mol. The number of alkyl halides is 3. The molecule has 1 saturated heterocycles. The number of halogens is 3. The number of nitrogens with zero attached hydrogens (tertiary/aromatic N) is 2. The van der Waals surface area contributed by atoms with Crippen molar-refractivity contribution in [2.75, 3.05) is 38.7 Å². The summed E-state index contributed by atoms with van der Waals surface area (Å²) in [6, 6.07) is 3.80. The fourth-order valence-corrected chi connectivity index (χ4v) is 5.82. The molecular weight excluding hydrogens is 487 g/mol. The second kappa shape index (κ2) is 10.9. The van der Waals surface area contributed by atoms with Crippen molar-refractivity contribution in [3.63, 3.8) is 0 Å². The first-order valence-electron chi connectivity index (χ1n) is 13.3. The van der Waals surface area contributed by atoms with Gasteiger partial charge in [0.25, 0.3) is 0 Å². The van der Waals surface area contributed by atoms with Gasteiger partial charge >= 0.3 is 12.1 Å². The molecule has 2 heterocycles. The Morgan fingerprint density at radius 3 is 2.57 bits per heavy atom. The van der Waals surface area contributed by atoms with E-state index in [0.29, 0.717) is 46.8 Å². The highest BCUT2D eigenvalue weighted by atomic mass is 19.4. The van der Waals surface area contributed by atoms with Crippen LogP contribution in [0.2, 0.25) is 0 Å². The Balaban J connectivity index is 1.46. The normalized spacial score (nSPS) is 20.4. The van der Waals surface area contributed by atoms with E-state index in [4.69, 9.17) is 19.2 Å². The highest BCUT2D eigenvalue weighted by Crippen LogP contribution is 2.45. The summed E-state index contributed by atoms with van der Waals surface area (Å²) in [4.78, 5) is 19.0. The molecule has 1 aliphatic heterocycles. The van der Waals surface area contributed by atoms with Crippen LogP contribution in [0.1, 0.15) is 68.6 Å². The summed E-state index contributed by atoms with van der Waals surface area (Å²) in [6.07, 6.45) is 2.36. The van der Waals surface area contributed by atoms with E-state index in [1.807, 2.05) is 0 Å². The van der Waals surface area contributed by atoms with Gasteiger partial charge in [0.15, 0.2) is 11.5 Å². The van der Waals surface area contributed by atoms with Gasteiger partial charge in [-0.05, 0) is 64.1 Å². The van der Waals surface area contributed by atoms with Crippen molar-refractivity contribution >= 4 is 22.7 Å². The average molecular weight is 522 g/mol. The molecule has 3 aliphatic rings.